The number of thioether (sulfide) groups is 1. The number of para-hydroxylation sites is 1. The van der Waals surface area contributed by atoms with Gasteiger partial charge < -0.3 is 5.32 Å². The minimum Gasteiger partial charge on any atom is -0.320 e. The van der Waals surface area contributed by atoms with Crippen molar-refractivity contribution in [2.75, 3.05) is 11.9 Å². The average Bonchev–Trinajstić information content (AvgIpc) is 3.21. The van der Waals surface area contributed by atoms with Gasteiger partial charge in [0.15, 0.2) is 0 Å². The van der Waals surface area contributed by atoms with Crippen LogP contribution in [0.3, 0.4) is 0 Å². The van der Waals surface area contributed by atoms with Crippen LogP contribution in [0.2, 0.25) is 0 Å². The number of nitrogens with zero attached hydrogens (tertiary/aromatic N) is 3. The first-order valence-corrected chi connectivity index (χ1v) is 12.0. The van der Waals surface area contributed by atoms with Gasteiger partial charge in [0.1, 0.15) is 10.0 Å². The molecule has 1 aliphatic heterocycles. The zero-order valence-electron chi connectivity index (χ0n) is 18.9. The molecule has 1 fully saturated rings. The first-order chi connectivity index (χ1) is 16.4. The number of hydrogen-bond acceptors (Lipinski definition) is 5. The molecule has 2 aromatic carbocycles. The van der Waals surface area contributed by atoms with E-state index in [-0.39, 0.29) is 29.5 Å². The van der Waals surface area contributed by atoms with Gasteiger partial charge in [-0.2, -0.15) is 0 Å². The highest BCUT2D eigenvalue weighted by molar-refractivity contribution is 8.26. The highest BCUT2D eigenvalue weighted by atomic mass is 32.2. The Labute approximate surface area is 207 Å². The van der Waals surface area contributed by atoms with Crippen LogP contribution in [-0.4, -0.2) is 36.9 Å². The molecular formula is C25H24N4O3S2. The molecule has 0 spiro atoms. The molecular weight excluding hydrogens is 468 g/mol. The van der Waals surface area contributed by atoms with Gasteiger partial charge in [0.05, 0.1) is 16.3 Å². The zero-order valence-corrected chi connectivity index (χ0v) is 20.5. The topological polar surface area (TPSA) is 76.3 Å². The van der Waals surface area contributed by atoms with E-state index in [0.717, 1.165) is 11.3 Å². The second-order valence-corrected chi connectivity index (χ2v) is 9.51. The smallest absolute Gasteiger partial charge is 0.295 e. The van der Waals surface area contributed by atoms with E-state index >= 15 is 0 Å². The van der Waals surface area contributed by atoms with Crippen LogP contribution in [0.1, 0.15) is 24.1 Å². The number of carbonyl (C=O) groups excluding carboxylic acids is 2. The van der Waals surface area contributed by atoms with Crippen LogP contribution in [-0.2, 0) is 16.6 Å². The summed E-state index contributed by atoms with van der Waals surface area (Å²) in [6.07, 6.45) is 2.41. The number of benzene rings is 2. The molecule has 2 amide bonds. The molecule has 34 heavy (non-hydrogen) atoms. The molecule has 1 saturated heterocycles. The average molecular weight is 493 g/mol. The van der Waals surface area contributed by atoms with Crippen molar-refractivity contribution in [1.29, 1.82) is 0 Å². The van der Waals surface area contributed by atoms with Gasteiger partial charge in [-0.25, -0.2) is 4.68 Å². The maximum Gasteiger partial charge on any atom is 0.295 e. The molecule has 0 radical (unpaired) electrons. The lowest BCUT2D eigenvalue weighted by Gasteiger charge is -2.14. The Morgan fingerprint density at radius 1 is 1.06 bits per heavy atom. The van der Waals surface area contributed by atoms with Gasteiger partial charge in [-0.05, 0) is 37.1 Å². The van der Waals surface area contributed by atoms with Gasteiger partial charge in [0, 0.05) is 20.0 Å². The quantitative estimate of drug-likeness (QED) is 0.397. The van der Waals surface area contributed by atoms with E-state index in [9.17, 15) is 14.4 Å². The van der Waals surface area contributed by atoms with E-state index in [1.807, 2.05) is 66.7 Å². The highest BCUT2D eigenvalue weighted by Gasteiger charge is 2.31. The Morgan fingerprint density at radius 3 is 2.38 bits per heavy atom. The third-order valence-corrected chi connectivity index (χ3v) is 6.95. The minimum atomic E-state index is -0.289. The molecule has 2 heterocycles. The molecule has 0 aliphatic carbocycles. The van der Waals surface area contributed by atoms with E-state index in [1.54, 1.807) is 18.7 Å². The first kappa shape index (κ1) is 23.7. The number of anilines is 1. The second-order valence-electron chi connectivity index (χ2n) is 7.83. The predicted octanol–water partition coefficient (Wildman–Crippen LogP) is 4.10. The van der Waals surface area contributed by atoms with E-state index in [4.69, 9.17) is 12.2 Å². The van der Waals surface area contributed by atoms with Gasteiger partial charge in [0.25, 0.3) is 11.5 Å². The number of thiocarbonyl (C=S) groups is 1. The minimum absolute atomic E-state index is 0.149. The Morgan fingerprint density at radius 2 is 1.71 bits per heavy atom. The predicted molar refractivity (Wildman–Crippen MR) is 140 cm³/mol. The molecule has 1 aliphatic rings. The molecule has 0 saturated carbocycles. The molecule has 4 rings (SSSR count). The maximum atomic E-state index is 13.0. The van der Waals surface area contributed by atoms with Crippen LogP contribution in [0.4, 0.5) is 5.69 Å². The Kier molecular flexibility index (Phi) is 7.14. The van der Waals surface area contributed by atoms with Crippen molar-refractivity contribution >= 4 is 51.9 Å². The van der Waals surface area contributed by atoms with Crippen LogP contribution in [0.5, 0.6) is 0 Å². The normalized spacial score (nSPS) is 14.8. The van der Waals surface area contributed by atoms with Crippen molar-refractivity contribution in [3.8, 4) is 5.69 Å². The SMILES string of the molecule is Cc1c(NC(=O)CCCN2C(=O)/C(=C/c3ccccc3)SC2=S)c(=O)n(-c2ccccc2)n1C. The van der Waals surface area contributed by atoms with Gasteiger partial charge in [-0.15, -0.1) is 0 Å². The largest absolute Gasteiger partial charge is 0.320 e. The van der Waals surface area contributed by atoms with Gasteiger partial charge in [-0.3, -0.25) is 24.0 Å². The number of aromatic nitrogens is 2. The highest BCUT2D eigenvalue weighted by Crippen LogP contribution is 2.32. The van der Waals surface area contributed by atoms with Crippen molar-refractivity contribution in [3.63, 3.8) is 0 Å². The van der Waals surface area contributed by atoms with Crippen LogP contribution in [0.15, 0.2) is 70.4 Å². The standard InChI is InChI=1S/C25H24N4O3S2/c1-17-22(24(32)29(27(17)2)19-12-7-4-8-13-19)26-21(30)14-9-15-28-23(31)20(34-25(28)33)16-18-10-5-3-6-11-18/h3-8,10-13,16H,9,14-15H2,1-2H3,(H,26,30)/b20-16-. The van der Waals surface area contributed by atoms with E-state index < -0.39 is 0 Å². The molecule has 0 bridgehead atoms. The van der Waals surface area contributed by atoms with Gasteiger partial charge >= 0.3 is 0 Å². The molecule has 1 aromatic heterocycles. The number of rotatable bonds is 7. The van der Waals surface area contributed by atoms with Crippen molar-refractivity contribution in [2.45, 2.75) is 19.8 Å². The first-order valence-electron chi connectivity index (χ1n) is 10.8. The van der Waals surface area contributed by atoms with Crippen molar-refractivity contribution < 1.29 is 9.59 Å². The fraction of sp³-hybridized carbons (Fsp3) is 0.200. The summed E-state index contributed by atoms with van der Waals surface area (Å²) in [7, 11) is 1.78. The van der Waals surface area contributed by atoms with Crippen LogP contribution in [0.25, 0.3) is 11.8 Å². The van der Waals surface area contributed by atoms with E-state index in [2.05, 4.69) is 5.32 Å². The summed E-state index contributed by atoms with van der Waals surface area (Å²) in [6, 6.07) is 18.8. The molecule has 174 valence electrons. The van der Waals surface area contributed by atoms with Crippen LogP contribution in [0, 0.1) is 6.92 Å². The van der Waals surface area contributed by atoms with E-state index in [1.165, 1.54) is 21.3 Å². The summed E-state index contributed by atoms with van der Waals surface area (Å²) < 4.78 is 3.72. The number of amides is 2. The van der Waals surface area contributed by atoms with Crippen molar-refractivity contribution in [2.24, 2.45) is 7.05 Å². The van der Waals surface area contributed by atoms with Gasteiger partial charge in [0.2, 0.25) is 5.91 Å². The van der Waals surface area contributed by atoms with Crippen molar-refractivity contribution in [1.82, 2.24) is 14.3 Å². The summed E-state index contributed by atoms with van der Waals surface area (Å²) >= 11 is 6.64. The van der Waals surface area contributed by atoms with E-state index in [0.29, 0.717) is 27.9 Å². The number of carbonyl (C=O) groups is 2. The Bertz CT molecular complexity index is 1330. The monoisotopic (exact) mass is 492 g/mol. The molecule has 3 aromatic rings. The molecule has 0 unspecified atom stereocenters. The summed E-state index contributed by atoms with van der Waals surface area (Å²) in [5, 5.41) is 2.75. The fourth-order valence-electron chi connectivity index (χ4n) is 3.71. The lowest BCUT2D eigenvalue weighted by Crippen LogP contribution is -2.30. The Hall–Kier alpha value is -3.43. The zero-order chi connectivity index (χ0) is 24.2. The van der Waals surface area contributed by atoms with Crippen molar-refractivity contribution in [3.05, 3.63) is 87.2 Å². The second kappa shape index (κ2) is 10.2. The number of nitrogens with one attached hydrogen (secondary N) is 1. The summed E-state index contributed by atoms with van der Waals surface area (Å²) in [5.41, 5.74) is 2.28. The molecule has 1 N–H and O–H groups in total. The third-order valence-electron chi connectivity index (χ3n) is 5.58. The molecule has 7 nitrogen and oxygen atoms in total. The van der Waals surface area contributed by atoms with Crippen LogP contribution >= 0.6 is 24.0 Å². The maximum absolute atomic E-state index is 13.0. The lowest BCUT2D eigenvalue weighted by molar-refractivity contribution is -0.122. The lowest BCUT2D eigenvalue weighted by atomic mass is 10.2. The summed E-state index contributed by atoms with van der Waals surface area (Å²) in [4.78, 5) is 40.4. The molecule has 9 heteroatoms. The number of hydrogen-bond donors (Lipinski definition) is 1. The summed E-state index contributed by atoms with van der Waals surface area (Å²) in [6.45, 7) is 2.13. The molecule has 0 atom stereocenters. The third kappa shape index (κ3) is 4.90. The Balaban J connectivity index is 1.37. The van der Waals surface area contributed by atoms with Gasteiger partial charge in [-0.1, -0.05) is 72.5 Å². The fourth-order valence-corrected chi connectivity index (χ4v) is 5.01. The van der Waals surface area contributed by atoms with Crippen LogP contribution < -0.4 is 10.9 Å². The summed E-state index contributed by atoms with van der Waals surface area (Å²) in [5.74, 6) is -0.430.